The Morgan fingerprint density at radius 1 is 1.15 bits per heavy atom. The Morgan fingerprint density at radius 3 is 2.81 bits per heavy atom. The van der Waals surface area contributed by atoms with Gasteiger partial charge in [0, 0.05) is 43.8 Å². The second-order valence-electron chi connectivity index (χ2n) is 7.46. The Morgan fingerprint density at radius 2 is 2.00 bits per heavy atom. The molecule has 140 valence electrons. The number of hydrogen-bond acceptors (Lipinski definition) is 4. The molecule has 4 nitrogen and oxygen atoms in total. The van der Waals surface area contributed by atoms with Gasteiger partial charge in [-0.3, -0.25) is 9.88 Å². The van der Waals surface area contributed by atoms with Crippen molar-refractivity contribution in [2.75, 3.05) is 19.6 Å². The van der Waals surface area contributed by atoms with E-state index >= 15 is 0 Å². The molecule has 0 radical (unpaired) electrons. The summed E-state index contributed by atoms with van der Waals surface area (Å²) in [6.45, 7) is 8.10. The Kier molecular flexibility index (Phi) is 5.37. The predicted octanol–water partition coefficient (Wildman–Crippen LogP) is 4.17. The van der Waals surface area contributed by atoms with E-state index in [1.165, 1.54) is 16.5 Å². The zero-order valence-electron chi connectivity index (χ0n) is 16.1. The van der Waals surface area contributed by atoms with Gasteiger partial charge in [0.15, 0.2) is 0 Å². The predicted molar refractivity (Wildman–Crippen MR) is 110 cm³/mol. The van der Waals surface area contributed by atoms with E-state index in [0.29, 0.717) is 6.04 Å². The van der Waals surface area contributed by atoms with Gasteiger partial charge in [-0.15, -0.1) is 0 Å². The summed E-state index contributed by atoms with van der Waals surface area (Å²) in [7, 11) is 0. The summed E-state index contributed by atoms with van der Waals surface area (Å²) < 4.78 is 5.78. The van der Waals surface area contributed by atoms with Gasteiger partial charge in [-0.05, 0) is 55.3 Å². The van der Waals surface area contributed by atoms with Gasteiger partial charge >= 0.3 is 0 Å². The molecule has 1 unspecified atom stereocenters. The van der Waals surface area contributed by atoms with Crippen molar-refractivity contribution in [1.29, 1.82) is 0 Å². The topological polar surface area (TPSA) is 37.4 Å². The lowest BCUT2D eigenvalue weighted by Gasteiger charge is -2.36. The summed E-state index contributed by atoms with van der Waals surface area (Å²) in [5.41, 5.74) is 3.72. The molecule has 1 fully saturated rings. The lowest BCUT2D eigenvalue weighted by molar-refractivity contribution is 0.153. The van der Waals surface area contributed by atoms with Crippen molar-refractivity contribution in [1.82, 2.24) is 15.2 Å². The van der Waals surface area contributed by atoms with Crippen molar-refractivity contribution < 1.29 is 4.74 Å². The molecule has 0 saturated carbocycles. The number of aromatic nitrogens is 1. The van der Waals surface area contributed by atoms with Crippen molar-refractivity contribution in [3.63, 3.8) is 0 Å². The molecule has 1 atom stereocenters. The first kappa shape index (κ1) is 18.0. The fraction of sp³-hybridized carbons (Fsp3) is 0.348. The molecule has 0 spiro atoms. The van der Waals surface area contributed by atoms with E-state index in [4.69, 9.17) is 4.74 Å². The van der Waals surface area contributed by atoms with Gasteiger partial charge < -0.3 is 10.1 Å². The van der Waals surface area contributed by atoms with Crippen LogP contribution in [0.1, 0.15) is 31.0 Å². The monoisotopic (exact) mass is 361 g/mol. The van der Waals surface area contributed by atoms with Gasteiger partial charge in [0.25, 0.3) is 0 Å². The maximum atomic E-state index is 5.78. The molecule has 27 heavy (non-hydrogen) atoms. The second-order valence-corrected chi connectivity index (χ2v) is 7.46. The van der Waals surface area contributed by atoms with Crippen LogP contribution >= 0.6 is 0 Å². The zero-order chi connectivity index (χ0) is 18.6. The van der Waals surface area contributed by atoms with Gasteiger partial charge in [0.1, 0.15) is 5.75 Å². The van der Waals surface area contributed by atoms with Crippen LogP contribution in [0.3, 0.4) is 0 Å². The highest BCUT2D eigenvalue weighted by atomic mass is 16.5. The number of fused-ring (bicyclic) bond motifs is 1. The standard InChI is InChI=1S/C23H27N3O/c1-17(2)27-21-8-6-19(7-9-21)23-15-24-12-13-26(23)16-18-5-10-22-20(14-18)4-3-11-25-22/h3-11,14,17,23-24H,12-13,15-16H2,1-2H3. The highest BCUT2D eigenvalue weighted by Crippen LogP contribution is 2.27. The van der Waals surface area contributed by atoms with Crippen LogP contribution in [-0.4, -0.2) is 35.6 Å². The maximum absolute atomic E-state index is 5.78. The Labute approximate surface area is 161 Å². The van der Waals surface area contributed by atoms with Crippen LogP contribution in [0, 0.1) is 0 Å². The number of rotatable bonds is 5. The molecule has 2 heterocycles. The molecule has 4 heteroatoms. The summed E-state index contributed by atoms with van der Waals surface area (Å²) in [6, 6.07) is 19.7. The molecule has 1 N–H and O–H groups in total. The Hall–Kier alpha value is -2.43. The van der Waals surface area contributed by atoms with Gasteiger partial charge in [-0.25, -0.2) is 0 Å². The first-order chi connectivity index (χ1) is 13.2. The minimum atomic E-state index is 0.200. The summed E-state index contributed by atoms with van der Waals surface area (Å²) in [5.74, 6) is 0.936. The highest BCUT2D eigenvalue weighted by molar-refractivity contribution is 5.78. The van der Waals surface area contributed by atoms with Crippen LogP contribution in [-0.2, 0) is 6.54 Å². The molecule has 1 aromatic heterocycles. The molecule has 0 aliphatic carbocycles. The molecular weight excluding hydrogens is 334 g/mol. The van der Waals surface area contributed by atoms with Crippen molar-refractivity contribution in [2.45, 2.75) is 32.5 Å². The minimum absolute atomic E-state index is 0.200. The molecule has 1 aliphatic rings. The van der Waals surface area contributed by atoms with Crippen LogP contribution in [0.2, 0.25) is 0 Å². The molecule has 4 rings (SSSR count). The quantitative estimate of drug-likeness (QED) is 0.740. The minimum Gasteiger partial charge on any atom is -0.491 e. The first-order valence-corrected chi connectivity index (χ1v) is 9.74. The number of nitrogens with zero attached hydrogens (tertiary/aromatic N) is 2. The average molecular weight is 361 g/mol. The van der Waals surface area contributed by atoms with Crippen LogP contribution in [0.15, 0.2) is 60.8 Å². The lowest BCUT2D eigenvalue weighted by atomic mass is 10.0. The van der Waals surface area contributed by atoms with Gasteiger partial charge in [0.05, 0.1) is 11.6 Å². The summed E-state index contributed by atoms with van der Waals surface area (Å²) >= 11 is 0. The number of benzene rings is 2. The van der Waals surface area contributed by atoms with E-state index < -0.39 is 0 Å². The largest absolute Gasteiger partial charge is 0.491 e. The Balaban J connectivity index is 1.53. The molecular formula is C23H27N3O. The highest BCUT2D eigenvalue weighted by Gasteiger charge is 2.24. The molecule has 1 aliphatic heterocycles. The maximum Gasteiger partial charge on any atom is 0.119 e. The fourth-order valence-electron chi connectivity index (χ4n) is 3.76. The van der Waals surface area contributed by atoms with Crippen LogP contribution in [0.4, 0.5) is 0 Å². The second kappa shape index (κ2) is 8.07. The summed E-state index contributed by atoms with van der Waals surface area (Å²) in [6.07, 6.45) is 2.05. The molecule has 0 bridgehead atoms. The van der Waals surface area contributed by atoms with E-state index in [9.17, 15) is 0 Å². The zero-order valence-corrected chi connectivity index (χ0v) is 16.1. The van der Waals surface area contributed by atoms with E-state index in [-0.39, 0.29) is 6.10 Å². The summed E-state index contributed by atoms with van der Waals surface area (Å²) in [4.78, 5) is 6.99. The van der Waals surface area contributed by atoms with E-state index in [1.54, 1.807) is 0 Å². The van der Waals surface area contributed by atoms with Crippen molar-refractivity contribution in [2.24, 2.45) is 0 Å². The fourth-order valence-corrected chi connectivity index (χ4v) is 3.76. The molecule has 0 amide bonds. The molecule has 1 saturated heterocycles. The third-order valence-electron chi connectivity index (χ3n) is 5.04. The number of nitrogens with one attached hydrogen (secondary N) is 1. The molecule has 2 aromatic carbocycles. The number of ether oxygens (including phenoxy) is 1. The summed E-state index contributed by atoms with van der Waals surface area (Å²) in [5, 5.41) is 4.75. The third kappa shape index (κ3) is 4.29. The third-order valence-corrected chi connectivity index (χ3v) is 5.04. The first-order valence-electron chi connectivity index (χ1n) is 9.74. The normalized spacial score (nSPS) is 18.1. The number of pyridine rings is 1. The smallest absolute Gasteiger partial charge is 0.119 e. The average Bonchev–Trinajstić information content (AvgIpc) is 2.69. The number of piperazine rings is 1. The Bertz CT molecular complexity index is 892. The van der Waals surface area contributed by atoms with E-state index in [1.807, 2.05) is 12.3 Å². The van der Waals surface area contributed by atoms with Crippen molar-refractivity contribution in [3.8, 4) is 5.75 Å². The van der Waals surface area contributed by atoms with Crippen LogP contribution in [0.5, 0.6) is 5.75 Å². The van der Waals surface area contributed by atoms with E-state index in [0.717, 1.165) is 37.4 Å². The van der Waals surface area contributed by atoms with Crippen molar-refractivity contribution in [3.05, 3.63) is 71.9 Å². The van der Waals surface area contributed by atoms with Gasteiger partial charge in [-0.1, -0.05) is 24.3 Å². The van der Waals surface area contributed by atoms with Crippen LogP contribution in [0.25, 0.3) is 10.9 Å². The van der Waals surface area contributed by atoms with Crippen LogP contribution < -0.4 is 10.1 Å². The number of hydrogen-bond donors (Lipinski definition) is 1. The van der Waals surface area contributed by atoms with Gasteiger partial charge in [0.2, 0.25) is 0 Å². The SMILES string of the molecule is CC(C)Oc1ccc(C2CNCCN2Cc2ccc3ncccc3c2)cc1. The van der Waals surface area contributed by atoms with Gasteiger partial charge in [-0.2, -0.15) is 0 Å². The van der Waals surface area contributed by atoms with Crippen molar-refractivity contribution >= 4 is 10.9 Å². The molecule has 3 aromatic rings. The van der Waals surface area contributed by atoms with E-state index in [2.05, 4.69) is 77.6 Å². The lowest BCUT2D eigenvalue weighted by Crippen LogP contribution is -2.45.